The van der Waals surface area contributed by atoms with Crippen molar-refractivity contribution in [2.24, 2.45) is 5.41 Å². The molecular formula is C36H47N7O2. The number of aliphatic hydroxyl groups is 1. The first-order valence-electron chi connectivity index (χ1n) is 16.5. The van der Waals surface area contributed by atoms with E-state index in [4.69, 9.17) is 9.97 Å². The Morgan fingerprint density at radius 1 is 1.09 bits per heavy atom. The molecule has 0 spiro atoms. The minimum Gasteiger partial charge on any atom is -0.370 e. The molecule has 0 radical (unpaired) electrons. The van der Waals surface area contributed by atoms with Gasteiger partial charge in [0.15, 0.2) is 5.82 Å². The minimum absolute atomic E-state index is 0.195. The van der Waals surface area contributed by atoms with Gasteiger partial charge in [-0.15, -0.1) is 0 Å². The number of aliphatic hydroxyl groups excluding tert-OH is 1. The van der Waals surface area contributed by atoms with Crippen LogP contribution in [0.4, 0.5) is 11.5 Å². The third-order valence-corrected chi connectivity index (χ3v) is 10.5. The number of rotatable bonds is 6. The minimum atomic E-state index is -0.657. The van der Waals surface area contributed by atoms with E-state index in [0.717, 1.165) is 58.6 Å². The van der Waals surface area contributed by atoms with Crippen LogP contribution in [0.1, 0.15) is 78.8 Å². The van der Waals surface area contributed by atoms with Crippen molar-refractivity contribution in [1.82, 2.24) is 24.3 Å². The number of anilines is 2. The van der Waals surface area contributed by atoms with Crippen molar-refractivity contribution in [3.05, 3.63) is 60.2 Å². The van der Waals surface area contributed by atoms with E-state index in [0.29, 0.717) is 17.3 Å². The number of hydrogen-bond donors (Lipinski definition) is 2. The number of carbonyl (C=O) groups excluding carboxylic acids is 1. The summed E-state index contributed by atoms with van der Waals surface area (Å²) in [5, 5.41) is 13.6. The summed E-state index contributed by atoms with van der Waals surface area (Å²) in [5.41, 5.74) is 6.27. The van der Waals surface area contributed by atoms with Gasteiger partial charge in [0.05, 0.1) is 28.6 Å². The van der Waals surface area contributed by atoms with E-state index in [1.54, 1.807) is 11.0 Å². The summed E-state index contributed by atoms with van der Waals surface area (Å²) in [4.78, 5) is 30.4. The molecule has 7 rings (SSSR count). The number of likely N-dealkylation sites (tertiary alicyclic amines) is 1. The lowest BCUT2D eigenvalue weighted by Crippen LogP contribution is -2.58. The molecule has 1 amide bonds. The Kier molecular flexibility index (Phi) is 7.13. The summed E-state index contributed by atoms with van der Waals surface area (Å²) in [6.07, 6.45) is 11.3. The number of piperidine rings is 1. The largest absolute Gasteiger partial charge is 0.370 e. The lowest BCUT2D eigenvalue weighted by molar-refractivity contribution is -0.123. The third kappa shape index (κ3) is 5.14. The van der Waals surface area contributed by atoms with Crippen molar-refractivity contribution in [3.63, 3.8) is 0 Å². The molecule has 5 heterocycles. The first-order chi connectivity index (χ1) is 21.3. The average Bonchev–Trinajstić information content (AvgIpc) is 3.47. The summed E-state index contributed by atoms with van der Waals surface area (Å²) in [6, 6.07) is 9.41. The number of carbonyl (C=O) groups is 1. The highest BCUT2D eigenvalue weighted by molar-refractivity contribution is 6.08. The van der Waals surface area contributed by atoms with E-state index in [2.05, 4.69) is 79.4 Å². The molecule has 2 aromatic heterocycles. The number of fused-ring (bicyclic) bond motifs is 2. The number of amides is 1. The first-order valence-corrected chi connectivity index (χ1v) is 16.5. The number of pyridine rings is 1. The van der Waals surface area contributed by atoms with Gasteiger partial charge >= 0.3 is 0 Å². The van der Waals surface area contributed by atoms with E-state index in [9.17, 15) is 9.90 Å². The Bertz CT molecular complexity index is 1710. The van der Waals surface area contributed by atoms with Crippen molar-refractivity contribution in [1.29, 1.82) is 0 Å². The van der Waals surface area contributed by atoms with Gasteiger partial charge in [-0.2, -0.15) is 0 Å². The van der Waals surface area contributed by atoms with Gasteiger partial charge in [-0.3, -0.25) is 9.69 Å². The molecule has 1 atom stereocenters. The van der Waals surface area contributed by atoms with Crippen LogP contribution in [-0.2, 0) is 10.2 Å². The van der Waals surface area contributed by atoms with Crippen molar-refractivity contribution in [3.8, 4) is 11.3 Å². The molecule has 0 bridgehead atoms. The zero-order valence-corrected chi connectivity index (χ0v) is 27.7. The molecule has 3 aromatic rings. The van der Waals surface area contributed by atoms with E-state index >= 15 is 0 Å². The van der Waals surface area contributed by atoms with Gasteiger partial charge in [0.2, 0.25) is 5.91 Å². The Labute approximate surface area is 266 Å². The highest BCUT2D eigenvalue weighted by Gasteiger charge is 2.50. The van der Waals surface area contributed by atoms with Crippen LogP contribution in [0.3, 0.4) is 0 Å². The van der Waals surface area contributed by atoms with Gasteiger partial charge in [-0.25, -0.2) is 9.97 Å². The summed E-state index contributed by atoms with van der Waals surface area (Å²) in [6.45, 7) is 15.5. The average molecular weight is 610 g/mol. The number of aromatic nitrogens is 3. The predicted octanol–water partition coefficient (Wildman–Crippen LogP) is 6.03. The van der Waals surface area contributed by atoms with Gasteiger partial charge in [-0.1, -0.05) is 26.0 Å². The summed E-state index contributed by atoms with van der Waals surface area (Å²) in [5.74, 6) is 0.898. The maximum atomic E-state index is 14.0. The van der Waals surface area contributed by atoms with Crippen LogP contribution in [0.25, 0.3) is 22.3 Å². The van der Waals surface area contributed by atoms with E-state index in [-0.39, 0.29) is 18.0 Å². The topological polar surface area (TPSA) is 89.8 Å². The Balaban J connectivity index is 1.23. The zero-order chi connectivity index (χ0) is 31.8. The molecular weight excluding hydrogens is 562 g/mol. The normalized spacial score (nSPS) is 25.9. The molecule has 2 fully saturated rings. The number of imidazole rings is 1. The van der Waals surface area contributed by atoms with Crippen LogP contribution in [0.15, 0.2) is 54.6 Å². The molecule has 1 saturated carbocycles. The summed E-state index contributed by atoms with van der Waals surface area (Å²) < 4.78 is 2.13. The predicted molar refractivity (Wildman–Crippen MR) is 180 cm³/mol. The molecule has 9 heteroatoms. The van der Waals surface area contributed by atoms with Crippen LogP contribution in [0.2, 0.25) is 0 Å². The van der Waals surface area contributed by atoms with Crippen molar-refractivity contribution < 1.29 is 9.90 Å². The van der Waals surface area contributed by atoms with Gasteiger partial charge in [-0.05, 0) is 95.2 Å². The molecule has 1 aliphatic carbocycles. The fourth-order valence-electron chi connectivity index (χ4n) is 7.72. The Morgan fingerprint density at radius 3 is 2.58 bits per heavy atom. The second kappa shape index (κ2) is 10.7. The quantitative estimate of drug-likeness (QED) is 0.353. The molecule has 1 unspecified atom stereocenters. The standard InChI is InChI=1S/C36H47N7O2/c1-22(2)42-21-37-29-18-28(39-33(32(29)42)38-24-10-12-31(44)40(7)19-24)23-9-11-27-30(15-23)43(34(45)36(27,5)6)26-16-25(17-26)41-14-8-13-35(3,4)20-41/h9-12,15,18-19,21-22,25-26,31,44H,8,13-14,16-17,20H2,1-7H3,(H,38,39). The van der Waals surface area contributed by atoms with Gasteiger partial charge in [0.25, 0.3) is 0 Å². The monoisotopic (exact) mass is 609 g/mol. The fraction of sp³-hybridized carbons (Fsp3) is 0.528. The van der Waals surface area contributed by atoms with Crippen LogP contribution >= 0.6 is 0 Å². The maximum Gasteiger partial charge on any atom is 0.237 e. The number of hydrogen-bond acceptors (Lipinski definition) is 7. The number of nitrogens with one attached hydrogen (secondary N) is 1. The van der Waals surface area contributed by atoms with Gasteiger partial charge in [0.1, 0.15) is 11.7 Å². The number of likely N-dealkylation sites (N-methyl/N-ethyl adjacent to an activating group) is 1. The summed E-state index contributed by atoms with van der Waals surface area (Å²) in [7, 11) is 1.84. The van der Waals surface area contributed by atoms with Crippen LogP contribution < -0.4 is 10.2 Å². The van der Waals surface area contributed by atoms with Gasteiger partial charge < -0.3 is 24.8 Å². The number of nitrogens with zero attached hydrogens (tertiary/aromatic N) is 6. The lowest BCUT2D eigenvalue weighted by Gasteiger charge is -2.50. The number of benzene rings is 1. The zero-order valence-electron chi connectivity index (χ0n) is 27.7. The molecule has 238 valence electrons. The highest BCUT2D eigenvalue weighted by atomic mass is 16.3. The van der Waals surface area contributed by atoms with Crippen molar-refractivity contribution >= 4 is 28.4 Å². The maximum absolute atomic E-state index is 14.0. The summed E-state index contributed by atoms with van der Waals surface area (Å²) >= 11 is 0. The smallest absolute Gasteiger partial charge is 0.237 e. The first kappa shape index (κ1) is 30.0. The highest BCUT2D eigenvalue weighted by Crippen LogP contribution is 2.48. The SMILES string of the molecule is CC(C)n1cnc2cc(-c3ccc4c(c3)N(C3CC(N5CCCC(C)(C)C5)C3)C(=O)C4(C)C)nc(NC3=CN(C)C(O)C=C3)c21. The van der Waals surface area contributed by atoms with Crippen LogP contribution in [0, 0.1) is 5.41 Å². The van der Waals surface area contributed by atoms with Crippen molar-refractivity contribution in [2.75, 3.05) is 30.4 Å². The van der Waals surface area contributed by atoms with E-state index in [1.165, 1.54) is 19.4 Å². The third-order valence-electron chi connectivity index (χ3n) is 10.5. The molecule has 45 heavy (non-hydrogen) atoms. The molecule has 3 aliphatic heterocycles. The second-order valence-corrected chi connectivity index (χ2v) is 15.2. The van der Waals surface area contributed by atoms with Crippen LogP contribution in [0.5, 0.6) is 0 Å². The number of allylic oxidation sites excluding steroid dienone is 1. The van der Waals surface area contributed by atoms with Gasteiger partial charge in [0, 0.05) is 49.2 Å². The second-order valence-electron chi connectivity index (χ2n) is 15.2. The Hall–Kier alpha value is -3.69. The lowest BCUT2D eigenvalue weighted by atomic mass is 9.78. The molecule has 1 aromatic carbocycles. The van der Waals surface area contributed by atoms with Crippen LogP contribution in [-0.4, -0.2) is 73.8 Å². The van der Waals surface area contributed by atoms with Crippen molar-refractivity contribution in [2.45, 2.75) is 97.0 Å². The molecule has 4 aliphatic rings. The Morgan fingerprint density at radius 2 is 1.87 bits per heavy atom. The van der Waals surface area contributed by atoms with E-state index < -0.39 is 11.6 Å². The fourth-order valence-corrected chi connectivity index (χ4v) is 7.72. The van der Waals surface area contributed by atoms with E-state index in [1.807, 2.05) is 31.7 Å². The molecule has 2 N–H and O–H groups in total. The molecule has 1 saturated heterocycles. The molecule has 9 nitrogen and oxygen atoms in total.